The van der Waals surface area contributed by atoms with Crippen LogP contribution in [0.3, 0.4) is 0 Å². The first-order chi connectivity index (χ1) is 11.1. The van der Waals surface area contributed by atoms with Crippen LogP contribution in [0, 0.1) is 0 Å². The molecule has 1 aromatic carbocycles. The molecule has 23 heavy (non-hydrogen) atoms. The van der Waals surface area contributed by atoms with Crippen LogP contribution in [0.5, 0.6) is 5.75 Å². The van der Waals surface area contributed by atoms with Crippen molar-refractivity contribution in [1.82, 2.24) is 4.57 Å². The summed E-state index contributed by atoms with van der Waals surface area (Å²) in [6.07, 6.45) is 4.33. The number of hydrogen-bond acceptors (Lipinski definition) is 4. The number of carbonyl (C=O) groups excluding carboxylic acids is 1. The summed E-state index contributed by atoms with van der Waals surface area (Å²) in [7, 11) is 1.60. The quantitative estimate of drug-likeness (QED) is 0.813. The highest BCUT2D eigenvalue weighted by atomic mass is 16.5. The minimum absolute atomic E-state index is 0.150. The van der Waals surface area contributed by atoms with Crippen LogP contribution >= 0.6 is 0 Å². The summed E-state index contributed by atoms with van der Waals surface area (Å²) in [4.78, 5) is 23.3. The zero-order valence-corrected chi connectivity index (χ0v) is 13.0. The second-order valence-corrected chi connectivity index (χ2v) is 5.66. The molecule has 2 aromatic rings. The highest BCUT2D eigenvalue weighted by Crippen LogP contribution is 2.37. The van der Waals surface area contributed by atoms with Crippen molar-refractivity contribution < 1.29 is 14.3 Å². The normalized spacial score (nSPS) is 19.5. The lowest BCUT2D eigenvalue weighted by atomic mass is 9.96. The average Bonchev–Trinajstić information content (AvgIpc) is 2.54. The van der Waals surface area contributed by atoms with E-state index in [9.17, 15) is 9.59 Å². The van der Waals surface area contributed by atoms with Gasteiger partial charge in [-0.2, -0.15) is 0 Å². The molecule has 118 valence electrons. The van der Waals surface area contributed by atoms with Gasteiger partial charge >= 0.3 is 0 Å². The molecule has 2 heterocycles. The number of nitrogens with zero attached hydrogens (tertiary/aromatic N) is 1. The van der Waals surface area contributed by atoms with Crippen molar-refractivity contribution in [3.05, 3.63) is 70.2 Å². The summed E-state index contributed by atoms with van der Waals surface area (Å²) in [5, 5.41) is 0. The van der Waals surface area contributed by atoms with Gasteiger partial charge in [0.2, 0.25) is 0 Å². The molecule has 0 N–H and O–H groups in total. The fraction of sp³-hybridized carbons (Fsp3) is 0.222. The van der Waals surface area contributed by atoms with E-state index >= 15 is 0 Å². The van der Waals surface area contributed by atoms with Crippen molar-refractivity contribution in [2.24, 2.45) is 0 Å². The van der Waals surface area contributed by atoms with Crippen LogP contribution in [-0.2, 0) is 4.74 Å². The summed E-state index contributed by atoms with van der Waals surface area (Å²) in [6, 6.07) is 10.1. The molecule has 0 radical (unpaired) electrons. The van der Waals surface area contributed by atoms with Gasteiger partial charge in [-0.05, 0) is 37.3 Å². The molecule has 0 saturated heterocycles. The van der Waals surface area contributed by atoms with Crippen LogP contribution in [-0.4, -0.2) is 30.2 Å². The number of aldehydes is 1. The third-order valence-corrected chi connectivity index (χ3v) is 3.71. The summed E-state index contributed by atoms with van der Waals surface area (Å²) in [5.74, 6) is 0.614. The van der Waals surface area contributed by atoms with Gasteiger partial charge in [0.25, 0.3) is 5.56 Å². The topological polar surface area (TPSA) is 57.5 Å². The lowest BCUT2D eigenvalue weighted by Gasteiger charge is -2.34. The zero-order chi connectivity index (χ0) is 16.4. The van der Waals surface area contributed by atoms with Crippen molar-refractivity contribution in [1.29, 1.82) is 0 Å². The Bertz CT molecular complexity index is 837. The molecule has 3 rings (SSSR count). The lowest BCUT2D eigenvalue weighted by Crippen LogP contribution is -2.39. The van der Waals surface area contributed by atoms with E-state index in [4.69, 9.17) is 9.47 Å². The molecule has 0 fully saturated rings. The first kappa shape index (κ1) is 15.2. The highest BCUT2D eigenvalue weighted by Gasteiger charge is 2.32. The smallest absolute Gasteiger partial charge is 0.255 e. The zero-order valence-electron chi connectivity index (χ0n) is 13.0. The van der Waals surface area contributed by atoms with E-state index in [-0.39, 0.29) is 5.56 Å². The molecule has 0 aliphatic carbocycles. The number of hydrogen-bond donors (Lipinski definition) is 0. The Kier molecular flexibility index (Phi) is 3.88. The Balaban J connectivity index is 2.24. The number of pyridine rings is 1. The monoisotopic (exact) mass is 311 g/mol. The van der Waals surface area contributed by atoms with Gasteiger partial charge in [-0.25, -0.2) is 0 Å². The molecule has 0 saturated carbocycles. The van der Waals surface area contributed by atoms with Gasteiger partial charge in [0.15, 0.2) is 0 Å². The largest absolute Gasteiger partial charge is 0.480 e. The molecule has 5 heteroatoms. The van der Waals surface area contributed by atoms with E-state index in [1.54, 1.807) is 48.2 Å². The van der Waals surface area contributed by atoms with E-state index in [0.717, 1.165) is 6.29 Å². The van der Waals surface area contributed by atoms with Crippen LogP contribution in [0.4, 0.5) is 0 Å². The van der Waals surface area contributed by atoms with Crippen LogP contribution in [0.2, 0.25) is 0 Å². The maximum atomic E-state index is 12.2. The molecule has 0 amide bonds. The van der Waals surface area contributed by atoms with E-state index in [0.29, 0.717) is 29.2 Å². The summed E-state index contributed by atoms with van der Waals surface area (Å²) >= 11 is 0. The number of benzene rings is 1. The van der Waals surface area contributed by atoms with E-state index < -0.39 is 5.60 Å². The third kappa shape index (κ3) is 2.83. The molecule has 1 unspecified atom stereocenters. The van der Waals surface area contributed by atoms with Crippen molar-refractivity contribution >= 4 is 12.0 Å². The summed E-state index contributed by atoms with van der Waals surface area (Å²) in [5.41, 5.74) is 1.06. The van der Waals surface area contributed by atoms with Crippen molar-refractivity contribution in [2.75, 3.05) is 13.7 Å². The van der Waals surface area contributed by atoms with E-state index in [1.165, 1.54) is 6.07 Å². The summed E-state index contributed by atoms with van der Waals surface area (Å²) in [6.45, 7) is 2.23. The Labute approximate surface area is 133 Å². The van der Waals surface area contributed by atoms with Crippen LogP contribution < -0.4 is 10.3 Å². The second-order valence-electron chi connectivity index (χ2n) is 5.66. The molecule has 0 spiro atoms. The van der Waals surface area contributed by atoms with Gasteiger partial charge in [0.05, 0.1) is 12.3 Å². The Hall–Kier alpha value is -2.66. The number of methoxy groups -OCH3 is 1. The second kappa shape index (κ2) is 5.85. The number of rotatable bonds is 4. The number of ether oxygens (including phenoxy) is 2. The Morgan fingerprint density at radius 3 is 2.83 bits per heavy atom. The van der Waals surface area contributed by atoms with E-state index in [2.05, 4.69) is 0 Å². The standard InChI is InChI=1S/C18H17NO4/c1-18(12-22-2)10-15(19-8-4-3-5-17(19)21)14-9-13(11-20)6-7-16(14)23-18/h3-11H,12H2,1-2H3. The Morgan fingerprint density at radius 1 is 1.30 bits per heavy atom. The number of carbonyl (C=O) groups is 1. The van der Waals surface area contributed by atoms with Gasteiger partial charge in [0, 0.05) is 30.5 Å². The summed E-state index contributed by atoms with van der Waals surface area (Å²) < 4.78 is 12.8. The van der Waals surface area contributed by atoms with Crippen LogP contribution in [0.25, 0.3) is 5.70 Å². The van der Waals surface area contributed by atoms with Crippen LogP contribution in [0.15, 0.2) is 53.5 Å². The van der Waals surface area contributed by atoms with Crippen molar-refractivity contribution in [2.45, 2.75) is 12.5 Å². The predicted molar refractivity (Wildman–Crippen MR) is 86.8 cm³/mol. The first-order valence-electron chi connectivity index (χ1n) is 7.25. The minimum Gasteiger partial charge on any atom is -0.480 e. The van der Waals surface area contributed by atoms with Crippen LogP contribution in [0.1, 0.15) is 22.8 Å². The molecule has 1 aliphatic rings. The fourth-order valence-corrected chi connectivity index (χ4v) is 2.74. The first-order valence-corrected chi connectivity index (χ1v) is 7.25. The van der Waals surface area contributed by atoms with Crippen molar-refractivity contribution in [3.8, 4) is 5.75 Å². The predicted octanol–water partition coefficient (Wildman–Crippen LogP) is 2.35. The maximum absolute atomic E-state index is 12.2. The van der Waals surface area contributed by atoms with Gasteiger partial charge in [-0.3, -0.25) is 14.2 Å². The SMILES string of the molecule is COCC1(C)C=C(n2ccccc2=O)c2cc(C=O)ccc2O1. The molecular weight excluding hydrogens is 294 g/mol. The Morgan fingerprint density at radius 2 is 2.13 bits per heavy atom. The maximum Gasteiger partial charge on any atom is 0.255 e. The molecular formula is C18H17NO4. The molecule has 1 aromatic heterocycles. The molecule has 1 atom stereocenters. The van der Waals surface area contributed by atoms with Gasteiger partial charge in [-0.1, -0.05) is 6.07 Å². The molecule has 1 aliphatic heterocycles. The van der Waals surface area contributed by atoms with Gasteiger partial charge in [0.1, 0.15) is 17.6 Å². The lowest BCUT2D eigenvalue weighted by molar-refractivity contribution is 0.0370. The highest BCUT2D eigenvalue weighted by molar-refractivity contribution is 5.81. The van der Waals surface area contributed by atoms with Gasteiger partial charge in [-0.15, -0.1) is 0 Å². The number of aromatic nitrogens is 1. The molecule has 5 nitrogen and oxygen atoms in total. The average molecular weight is 311 g/mol. The minimum atomic E-state index is -0.699. The van der Waals surface area contributed by atoms with Crippen molar-refractivity contribution in [3.63, 3.8) is 0 Å². The third-order valence-electron chi connectivity index (χ3n) is 3.71. The number of fused-ring (bicyclic) bond motifs is 1. The van der Waals surface area contributed by atoms with Gasteiger partial charge < -0.3 is 9.47 Å². The fourth-order valence-electron chi connectivity index (χ4n) is 2.74. The van der Waals surface area contributed by atoms with E-state index in [1.807, 2.05) is 13.0 Å². The molecule has 0 bridgehead atoms.